The number of hydrogen-bond acceptors (Lipinski definition) is 7. The fourth-order valence-corrected chi connectivity index (χ4v) is 3.68. The van der Waals surface area contributed by atoms with Gasteiger partial charge in [0, 0.05) is 56.7 Å². The van der Waals surface area contributed by atoms with Gasteiger partial charge in [-0.2, -0.15) is 15.5 Å². The van der Waals surface area contributed by atoms with Crippen LogP contribution in [0.15, 0.2) is 43.1 Å². The summed E-state index contributed by atoms with van der Waals surface area (Å²) in [7, 11) is 1.84. The van der Waals surface area contributed by atoms with E-state index in [1.54, 1.807) is 27.8 Å². The first kappa shape index (κ1) is 22.5. The van der Waals surface area contributed by atoms with Crippen molar-refractivity contribution < 1.29 is 0 Å². The number of pyridine rings is 1. The SMILES string of the molecule is Cl.Cl.Cn1cc(-c2nn3cccc(-c4cnc(N5CCNCC5)cn4)c3c2C#N)cn1. The topological polar surface area (TPSA) is 100.0 Å². The highest BCUT2D eigenvalue weighted by atomic mass is 35.5. The molecular formula is C20H21Cl2N9. The third-order valence-electron chi connectivity index (χ3n) is 5.10. The Bertz CT molecular complexity index is 1220. The molecule has 1 saturated heterocycles. The summed E-state index contributed by atoms with van der Waals surface area (Å²) < 4.78 is 3.42. The van der Waals surface area contributed by atoms with Crippen molar-refractivity contribution in [1.29, 1.82) is 5.26 Å². The highest BCUT2D eigenvalue weighted by Gasteiger charge is 2.20. The Morgan fingerprint density at radius 2 is 1.90 bits per heavy atom. The van der Waals surface area contributed by atoms with Crippen molar-refractivity contribution in [2.75, 3.05) is 31.1 Å². The Morgan fingerprint density at radius 1 is 1.10 bits per heavy atom. The number of nitrogens with one attached hydrogen (secondary N) is 1. The molecule has 0 saturated carbocycles. The summed E-state index contributed by atoms with van der Waals surface area (Å²) in [5.41, 5.74) is 4.17. The minimum Gasteiger partial charge on any atom is -0.353 e. The van der Waals surface area contributed by atoms with E-state index in [2.05, 4.69) is 36.5 Å². The highest BCUT2D eigenvalue weighted by molar-refractivity contribution is 5.88. The van der Waals surface area contributed by atoms with Crippen molar-refractivity contribution in [3.05, 3.63) is 48.7 Å². The van der Waals surface area contributed by atoms with Crippen LogP contribution in [0, 0.1) is 11.3 Å². The van der Waals surface area contributed by atoms with Crippen molar-refractivity contribution >= 4 is 36.1 Å². The number of hydrogen-bond donors (Lipinski definition) is 1. The van der Waals surface area contributed by atoms with Gasteiger partial charge in [-0.1, -0.05) is 0 Å². The first-order chi connectivity index (χ1) is 14.2. The molecule has 5 heterocycles. The normalized spacial score (nSPS) is 13.4. The van der Waals surface area contributed by atoms with Crippen LogP contribution in [0.1, 0.15) is 5.56 Å². The predicted molar refractivity (Wildman–Crippen MR) is 123 cm³/mol. The standard InChI is InChI=1S/C20H19N9.2ClH/c1-27-13-14(10-25-27)19-16(9-21)20-15(3-2-6-29(20)26-19)17-11-24-18(12-23-17)28-7-4-22-5-8-28;;/h2-3,6,10-13,22H,4-5,7-8H2,1H3;2*1H. The number of piperazine rings is 1. The maximum absolute atomic E-state index is 9.88. The van der Waals surface area contributed by atoms with Crippen molar-refractivity contribution in [3.63, 3.8) is 0 Å². The monoisotopic (exact) mass is 457 g/mol. The maximum atomic E-state index is 9.88. The molecule has 31 heavy (non-hydrogen) atoms. The van der Waals surface area contributed by atoms with Gasteiger partial charge in [-0.25, -0.2) is 9.50 Å². The number of anilines is 1. The smallest absolute Gasteiger partial charge is 0.147 e. The predicted octanol–water partition coefficient (Wildman–Crippen LogP) is 2.32. The van der Waals surface area contributed by atoms with Crippen LogP contribution in [0.3, 0.4) is 0 Å². The van der Waals surface area contributed by atoms with Gasteiger partial charge in [0.05, 0.1) is 29.8 Å². The Morgan fingerprint density at radius 3 is 2.55 bits per heavy atom. The van der Waals surface area contributed by atoms with Crippen molar-refractivity contribution in [1.82, 2.24) is 34.7 Å². The summed E-state index contributed by atoms with van der Waals surface area (Å²) in [6.07, 6.45) is 8.97. The zero-order chi connectivity index (χ0) is 19.8. The Balaban J connectivity index is 0.00000136. The molecule has 0 atom stereocenters. The number of aryl methyl sites for hydroxylation is 1. The number of rotatable bonds is 3. The van der Waals surface area contributed by atoms with E-state index in [1.807, 2.05) is 31.6 Å². The Hall–Kier alpha value is -3.19. The number of fused-ring (bicyclic) bond motifs is 1. The van der Waals surface area contributed by atoms with E-state index >= 15 is 0 Å². The van der Waals surface area contributed by atoms with Gasteiger partial charge >= 0.3 is 0 Å². The van der Waals surface area contributed by atoms with Crippen molar-refractivity contribution in [2.24, 2.45) is 7.05 Å². The van der Waals surface area contributed by atoms with Crippen LogP contribution in [-0.2, 0) is 7.05 Å². The second-order valence-electron chi connectivity index (χ2n) is 6.95. The minimum absolute atomic E-state index is 0. The fourth-order valence-electron chi connectivity index (χ4n) is 3.68. The molecule has 4 aromatic heterocycles. The third-order valence-corrected chi connectivity index (χ3v) is 5.10. The molecule has 0 aliphatic carbocycles. The summed E-state index contributed by atoms with van der Waals surface area (Å²) >= 11 is 0. The van der Waals surface area contributed by atoms with Gasteiger partial charge in [-0.3, -0.25) is 9.67 Å². The molecule has 4 aromatic rings. The first-order valence-electron chi connectivity index (χ1n) is 9.43. The van der Waals surface area contributed by atoms with Crippen molar-refractivity contribution in [2.45, 2.75) is 0 Å². The molecule has 0 radical (unpaired) electrons. The average molecular weight is 458 g/mol. The second-order valence-corrected chi connectivity index (χ2v) is 6.95. The molecule has 0 spiro atoms. The van der Waals surface area contributed by atoms with Gasteiger partial charge in [0.2, 0.25) is 0 Å². The lowest BCUT2D eigenvalue weighted by atomic mass is 10.1. The zero-order valence-corrected chi connectivity index (χ0v) is 18.4. The number of halogens is 2. The largest absolute Gasteiger partial charge is 0.353 e. The van der Waals surface area contributed by atoms with Gasteiger partial charge in [0.15, 0.2) is 0 Å². The highest BCUT2D eigenvalue weighted by Crippen LogP contribution is 2.31. The van der Waals surface area contributed by atoms with E-state index < -0.39 is 0 Å². The first-order valence-corrected chi connectivity index (χ1v) is 9.43. The lowest BCUT2D eigenvalue weighted by molar-refractivity contribution is 0.584. The molecule has 9 nitrogen and oxygen atoms in total. The van der Waals surface area contributed by atoms with E-state index in [4.69, 9.17) is 0 Å². The quantitative estimate of drug-likeness (QED) is 0.503. The molecule has 5 rings (SSSR count). The summed E-state index contributed by atoms with van der Waals surface area (Å²) in [4.78, 5) is 11.5. The Labute approximate surface area is 191 Å². The van der Waals surface area contributed by atoms with Gasteiger partial charge in [0.1, 0.15) is 23.1 Å². The molecule has 160 valence electrons. The molecule has 1 aliphatic rings. The number of nitrogens with zero attached hydrogens (tertiary/aromatic N) is 8. The van der Waals surface area contributed by atoms with E-state index in [1.165, 1.54) is 0 Å². The van der Waals surface area contributed by atoms with Crippen LogP contribution in [0.2, 0.25) is 0 Å². The van der Waals surface area contributed by atoms with Crippen LogP contribution in [-0.4, -0.2) is 55.5 Å². The molecule has 1 fully saturated rings. The molecule has 0 amide bonds. The van der Waals surface area contributed by atoms with Gasteiger partial charge in [-0.05, 0) is 12.1 Å². The average Bonchev–Trinajstić information content (AvgIpc) is 3.37. The Kier molecular flexibility index (Phi) is 6.75. The van der Waals surface area contributed by atoms with Crippen LogP contribution < -0.4 is 10.2 Å². The maximum Gasteiger partial charge on any atom is 0.147 e. The second kappa shape index (κ2) is 9.31. The van der Waals surface area contributed by atoms with E-state index in [0.717, 1.165) is 48.6 Å². The summed E-state index contributed by atoms with van der Waals surface area (Å²) in [6.45, 7) is 3.72. The number of aromatic nitrogens is 6. The van der Waals surface area contributed by atoms with Crippen LogP contribution in [0.4, 0.5) is 5.82 Å². The zero-order valence-electron chi connectivity index (χ0n) is 16.8. The van der Waals surface area contributed by atoms with Crippen LogP contribution >= 0.6 is 24.8 Å². The minimum atomic E-state index is 0. The molecule has 0 aromatic carbocycles. The third kappa shape index (κ3) is 4.05. The molecule has 1 aliphatic heterocycles. The molecule has 0 unspecified atom stereocenters. The lowest BCUT2D eigenvalue weighted by Gasteiger charge is -2.28. The summed E-state index contributed by atoms with van der Waals surface area (Å²) in [5, 5.41) is 22.0. The molecular weight excluding hydrogens is 437 g/mol. The molecule has 11 heteroatoms. The summed E-state index contributed by atoms with van der Waals surface area (Å²) in [5.74, 6) is 0.868. The van der Waals surface area contributed by atoms with Gasteiger partial charge in [-0.15, -0.1) is 24.8 Å². The summed E-state index contributed by atoms with van der Waals surface area (Å²) in [6, 6.07) is 6.16. The van der Waals surface area contributed by atoms with E-state index in [-0.39, 0.29) is 24.8 Å². The van der Waals surface area contributed by atoms with Crippen LogP contribution in [0.5, 0.6) is 0 Å². The van der Waals surface area contributed by atoms with Gasteiger partial charge < -0.3 is 10.2 Å². The molecule has 0 bridgehead atoms. The van der Waals surface area contributed by atoms with Gasteiger partial charge in [0.25, 0.3) is 0 Å². The number of nitriles is 1. The van der Waals surface area contributed by atoms with E-state index in [9.17, 15) is 5.26 Å². The molecule has 1 N–H and O–H groups in total. The van der Waals surface area contributed by atoms with Crippen LogP contribution in [0.25, 0.3) is 28.0 Å². The van der Waals surface area contributed by atoms with Crippen molar-refractivity contribution in [3.8, 4) is 28.6 Å². The van der Waals surface area contributed by atoms with E-state index in [0.29, 0.717) is 17.0 Å². The lowest BCUT2D eigenvalue weighted by Crippen LogP contribution is -2.43. The fraction of sp³-hybridized carbons (Fsp3) is 0.250.